The van der Waals surface area contributed by atoms with Crippen molar-refractivity contribution in [2.24, 2.45) is 11.8 Å². The van der Waals surface area contributed by atoms with Crippen LogP contribution in [0.1, 0.15) is 62.1 Å². The number of carbonyl (C=O) groups excluding carboxylic acids is 4. The van der Waals surface area contributed by atoms with Gasteiger partial charge in [0.2, 0.25) is 11.8 Å². The molecule has 3 aromatic rings. The predicted octanol–water partition coefficient (Wildman–Crippen LogP) is 6.15. The number of hydrogen-bond acceptors (Lipinski definition) is 7. The van der Waals surface area contributed by atoms with E-state index in [9.17, 15) is 24.3 Å². The molecule has 10 heteroatoms. The number of amides is 3. The van der Waals surface area contributed by atoms with Gasteiger partial charge in [-0.25, -0.2) is 9.59 Å². The van der Waals surface area contributed by atoms with Crippen molar-refractivity contribution in [1.29, 1.82) is 0 Å². The molecule has 0 unspecified atom stereocenters. The van der Waals surface area contributed by atoms with Gasteiger partial charge in [-0.15, -0.1) is 13.2 Å². The molecule has 0 fully saturated rings. The topological polar surface area (TPSA) is 134 Å². The summed E-state index contributed by atoms with van der Waals surface area (Å²) in [6, 6.07) is 24.0. The van der Waals surface area contributed by atoms with E-state index in [4.69, 9.17) is 9.47 Å². The number of ether oxygens (including phenoxy) is 2. The molecule has 0 aromatic heterocycles. The minimum Gasteiger partial charge on any atom is -0.462 e. The number of benzene rings is 3. The summed E-state index contributed by atoms with van der Waals surface area (Å²) in [7, 11) is 0. The number of alkyl carbamates (subject to hydrolysis) is 1. The largest absolute Gasteiger partial charge is 0.462 e. The molecule has 4 rings (SSSR count). The molecule has 1 aliphatic rings. The molecule has 0 bridgehead atoms. The molecule has 3 amide bonds. The Balaban J connectivity index is 1.34. The summed E-state index contributed by atoms with van der Waals surface area (Å²) in [6.07, 6.45) is 3.39. The molecule has 0 heterocycles. The van der Waals surface area contributed by atoms with Crippen molar-refractivity contribution < 1.29 is 33.8 Å². The highest BCUT2D eigenvalue weighted by Crippen LogP contribution is 2.44. The maximum atomic E-state index is 13.5. The third-order valence-corrected chi connectivity index (χ3v) is 9.30. The van der Waals surface area contributed by atoms with Crippen LogP contribution < -0.4 is 10.6 Å². The zero-order valence-corrected chi connectivity index (χ0v) is 30.2. The van der Waals surface area contributed by atoms with E-state index in [1.165, 1.54) is 4.90 Å². The van der Waals surface area contributed by atoms with Crippen LogP contribution in [-0.4, -0.2) is 72.3 Å². The van der Waals surface area contributed by atoms with E-state index in [2.05, 4.69) is 35.9 Å². The Bertz CT molecular complexity index is 1630. The minimum atomic E-state index is -0.995. The minimum absolute atomic E-state index is 0.0804. The highest BCUT2D eigenvalue weighted by Gasteiger charge is 2.31. The number of fused-ring (bicyclic) bond motifs is 3. The molecule has 3 N–H and O–H groups in total. The Morgan fingerprint density at radius 3 is 2.10 bits per heavy atom. The Labute approximate surface area is 306 Å². The van der Waals surface area contributed by atoms with E-state index in [-0.39, 0.29) is 69.3 Å². The van der Waals surface area contributed by atoms with Gasteiger partial charge in [0.25, 0.3) is 0 Å². The highest BCUT2D eigenvalue weighted by molar-refractivity contribution is 5.86. The second-order valence-electron chi connectivity index (χ2n) is 13.3. The summed E-state index contributed by atoms with van der Waals surface area (Å²) in [6.45, 7) is 11.5. The summed E-state index contributed by atoms with van der Waals surface area (Å²) in [5.74, 6) is -2.26. The Hall–Kier alpha value is -5.22. The normalized spacial score (nSPS) is 13.5. The lowest BCUT2D eigenvalue weighted by atomic mass is 9.97. The first-order valence-corrected chi connectivity index (χ1v) is 17.9. The van der Waals surface area contributed by atoms with Gasteiger partial charge in [-0.2, -0.15) is 0 Å². The zero-order valence-electron chi connectivity index (χ0n) is 30.2. The van der Waals surface area contributed by atoms with Crippen molar-refractivity contribution in [3.63, 3.8) is 0 Å². The number of allylic oxidation sites excluding steroid dienone is 2. The first-order chi connectivity index (χ1) is 25.2. The Morgan fingerprint density at radius 2 is 1.50 bits per heavy atom. The first-order valence-electron chi connectivity index (χ1n) is 17.9. The third-order valence-electron chi connectivity index (χ3n) is 9.30. The van der Waals surface area contributed by atoms with E-state index in [1.54, 1.807) is 12.2 Å². The number of nitrogens with one attached hydrogen (secondary N) is 2. The van der Waals surface area contributed by atoms with Crippen LogP contribution in [0.5, 0.6) is 0 Å². The van der Waals surface area contributed by atoms with Crippen molar-refractivity contribution in [2.45, 2.75) is 64.1 Å². The number of aliphatic hydroxyl groups excluding tert-OH is 1. The summed E-state index contributed by atoms with van der Waals surface area (Å²) in [4.78, 5) is 54.7. The van der Waals surface area contributed by atoms with Crippen molar-refractivity contribution in [3.8, 4) is 11.1 Å². The predicted molar refractivity (Wildman–Crippen MR) is 201 cm³/mol. The van der Waals surface area contributed by atoms with E-state index in [1.807, 2.05) is 80.6 Å². The Kier molecular flexibility index (Phi) is 15.2. The number of aliphatic hydroxyl groups is 1. The van der Waals surface area contributed by atoms with Crippen LogP contribution in [0.15, 0.2) is 104 Å². The number of carbonyl (C=O) groups is 4. The van der Waals surface area contributed by atoms with Gasteiger partial charge >= 0.3 is 12.1 Å². The van der Waals surface area contributed by atoms with Crippen LogP contribution in [-0.2, 0) is 30.4 Å². The molecule has 3 aromatic carbocycles. The van der Waals surface area contributed by atoms with Crippen LogP contribution in [0.4, 0.5) is 4.79 Å². The van der Waals surface area contributed by atoms with Crippen LogP contribution in [0.2, 0.25) is 0 Å². The summed E-state index contributed by atoms with van der Waals surface area (Å²) in [5, 5.41) is 15.2. The van der Waals surface area contributed by atoms with Gasteiger partial charge in [-0.3, -0.25) is 9.59 Å². The molecule has 1 aliphatic carbocycles. The molecule has 3 atom stereocenters. The Morgan fingerprint density at radius 1 is 0.865 bits per heavy atom. The fraction of sp³-hybridized carbons (Fsp3) is 0.381. The molecule has 0 aliphatic heterocycles. The van der Waals surface area contributed by atoms with Gasteiger partial charge in [0, 0.05) is 25.4 Å². The number of nitrogens with zero attached hydrogens (tertiary/aromatic N) is 1. The fourth-order valence-corrected chi connectivity index (χ4v) is 6.33. The molecule has 0 saturated carbocycles. The number of hydrogen-bond donors (Lipinski definition) is 3. The average molecular weight is 710 g/mol. The standard InChI is InChI=1S/C42H51N3O7/c1-5-7-22-37(44-42(50)52-27-36-34-20-13-11-18-32(34)33-19-12-14-21-35(33)36)41(49)51-28-38(29(3)4)43-40(48)31(15-6-2)25-39(47)45(23-24-46)26-30-16-9-8-10-17-30/h5-6,8-14,16-21,29,31,36-38,46H,1-2,7,15,22-28H2,3-4H3,(H,43,48)(H,44,50)/t31-,37-,38+/m0/s1. The average Bonchev–Trinajstić information content (AvgIpc) is 3.47. The van der Waals surface area contributed by atoms with Crippen LogP contribution >= 0.6 is 0 Å². The molecular weight excluding hydrogens is 658 g/mol. The van der Waals surface area contributed by atoms with Gasteiger partial charge in [0.1, 0.15) is 19.3 Å². The molecule has 0 spiro atoms. The molecule has 52 heavy (non-hydrogen) atoms. The lowest BCUT2D eigenvalue weighted by molar-refractivity contribution is -0.148. The summed E-state index contributed by atoms with van der Waals surface area (Å²) >= 11 is 0. The molecular formula is C42H51N3O7. The van der Waals surface area contributed by atoms with E-state index in [0.717, 1.165) is 27.8 Å². The second-order valence-corrected chi connectivity index (χ2v) is 13.3. The highest BCUT2D eigenvalue weighted by atomic mass is 16.6. The van der Waals surface area contributed by atoms with E-state index in [0.29, 0.717) is 13.0 Å². The summed E-state index contributed by atoms with van der Waals surface area (Å²) < 4.78 is 11.3. The second kappa shape index (κ2) is 20.0. The van der Waals surface area contributed by atoms with Crippen LogP contribution in [0, 0.1) is 11.8 Å². The number of esters is 1. The lowest BCUT2D eigenvalue weighted by Gasteiger charge is -2.27. The van der Waals surface area contributed by atoms with E-state index < -0.39 is 30.1 Å². The smallest absolute Gasteiger partial charge is 0.407 e. The number of rotatable bonds is 20. The van der Waals surface area contributed by atoms with Gasteiger partial charge in [0.05, 0.1) is 18.6 Å². The van der Waals surface area contributed by atoms with Crippen molar-refractivity contribution in [3.05, 3.63) is 121 Å². The molecule has 276 valence electrons. The maximum Gasteiger partial charge on any atom is 0.407 e. The lowest BCUT2D eigenvalue weighted by Crippen LogP contribution is -2.48. The zero-order chi connectivity index (χ0) is 37.5. The SMILES string of the molecule is C=CCC[C@H](NC(=O)OCC1c2ccccc2-c2ccccc21)C(=O)OC[C@@H](NC(=O)[C@@H](CC=C)CC(=O)N(CCO)Cc1ccccc1)C(C)C. The third kappa shape index (κ3) is 10.9. The van der Waals surface area contributed by atoms with Gasteiger partial charge in [-0.1, -0.05) is 105 Å². The molecule has 0 radical (unpaired) electrons. The van der Waals surface area contributed by atoms with Crippen LogP contribution in [0.25, 0.3) is 11.1 Å². The van der Waals surface area contributed by atoms with Crippen molar-refractivity contribution in [2.75, 3.05) is 26.4 Å². The quantitative estimate of drug-likeness (QED) is 0.0947. The molecule has 0 saturated heterocycles. The first kappa shape index (κ1) is 39.6. The van der Waals surface area contributed by atoms with Crippen LogP contribution in [0.3, 0.4) is 0 Å². The maximum absolute atomic E-state index is 13.5. The van der Waals surface area contributed by atoms with E-state index >= 15 is 0 Å². The monoisotopic (exact) mass is 709 g/mol. The van der Waals surface area contributed by atoms with Gasteiger partial charge in [0.15, 0.2) is 0 Å². The van der Waals surface area contributed by atoms with Crippen molar-refractivity contribution >= 4 is 23.9 Å². The fourth-order valence-electron chi connectivity index (χ4n) is 6.33. The van der Waals surface area contributed by atoms with Crippen molar-refractivity contribution in [1.82, 2.24) is 15.5 Å². The van der Waals surface area contributed by atoms with Gasteiger partial charge < -0.3 is 30.1 Å². The summed E-state index contributed by atoms with van der Waals surface area (Å²) in [5.41, 5.74) is 5.29. The van der Waals surface area contributed by atoms with Gasteiger partial charge in [-0.05, 0) is 53.0 Å². The molecule has 10 nitrogen and oxygen atoms in total.